The molecule has 0 heterocycles. The Bertz CT molecular complexity index is 530. The molecule has 1 aliphatic carbocycles. The van der Waals surface area contributed by atoms with Gasteiger partial charge >= 0.3 is 5.97 Å². The molecule has 0 radical (unpaired) electrons. The smallest absolute Gasteiger partial charge is 0.326 e. The highest BCUT2D eigenvalue weighted by Crippen LogP contribution is 2.48. The minimum atomic E-state index is -0.992. The quantitative estimate of drug-likeness (QED) is 0.877. The lowest BCUT2D eigenvalue weighted by Gasteiger charge is -2.17. The molecule has 0 aliphatic heterocycles. The first-order valence-corrected chi connectivity index (χ1v) is 7.06. The summed E-state index contributed by atoms with van der Waals surface area (Å²) in [6.45, 7) is 3.56. The van der Waals surface area contributed by atoms with Gasteiger partial charge in [-0.05, 0) is 36.0 Å². The van der Waals surface area contributed by atoms with Crippen LogP contribution in [0, 0.1) is 11.8 Å². The fraction of sp³-hybridized carbons (Fsp3) is 0.467. The molecule has 4 nitrogen and oxygen atoms in total. The van der Waals surface area contributed by atoms with Crippen molar-refractivity contribution in [3.8, 4) is 0 Å². The Balaban J connectivity index is 1.98. The minimum Gasteiger partial charge on any atom is -0.480 e. The van der Waals surface area contributed by atoms with E-state index < -0.39 is 12.0 Å². The van der Waals surface area contributed by atoms with Gasteiger partial charge in [0.2, 0.25) is 5.91 Å². The lowest BCUT2D eigenvalue weighted by atomic mass is 10.0. The van der Waals surface area contributed by atoms with E-state index in [0.717, 1.165) is 12.0 Å². The number of aliphatic carboxylic acids is 1. The summed E-state index contributed by atoms with van der Waals surface area (Å²) < 4.78 is 0. The van der Waals surface area contributed by atoms with Crippen LogP contribution in [0.3, 0.4) is 0 Å². The Labute approximate surface area is 123 Å². The van der Waals surface area contributed by atoms with Gasteiger partial charge in [-0.1, -0.05) is 37.6 Å². The summed E-state index contributed by atoms with van der Waals surface area (Å²) in [5.41, 5.74) is 1.04. The summed E-state index contributed by atoms with van der Waals surface area (Å²) in [5.74, 6) is -1.31. The third-order valence-corrected chi connectivity index (χ3v) is 3.87. The van der Waals surface area contributed by atoms with Crippen LogP contribution in [0.25, 0.3) is 0 Å². The maximum atomic E-state index is 12.1. The van der Waals surface area contributed by atoms with E-state index in [2.05, 4.69) is 5.32 Å². The van der Waals surface area contributed by atoms with E-state index in [0.29, 0.717) is 5.02 Å². The molecular formula is C15H18ClNO3. The maximum Gasteiger partial charge on any atom is 0.326 e. The molecule has 1 aromatic carbocycles. The zero-order chi connectivity index (χ0) is 14.9. The Hall–Kier alpha value is -1.55. The van der Waals surface area contributed by atoms with E-state index in [9.17, 15) is 9.59 Å². The Kier molecular flexibility index (Phi) is 4.33. The van der Waals surface area contributed by atoms with E-state index in [1.807, 2.05) is 18.2 Å². The normalized spacial score (nSPS) is 22.4. The number of carboxylic acid groups (broad SMARTS) is 1. The van der Waals surface area contributed by atoms with E-state index in [1.54, 1.807) is 19.9 Å². The SMILES string of the molecule is CC(C)[C@H](NC(=O)C1CC1c1cccc(Cl)c1)C(=O)O. The lowest BCUT2D eigenvalue weighted by molar-refractivity contribution is -0.143. The number of carbonyl (C=O) groups excluding carboxylic acids is 1. The van der Waals surface area contributed by atoms with Crippen LogP contribution in [-0.4, -0.2) is 23.0 Å². The number of rotatable bonds is 5. The van der Waals surface area contributed by atoms with Crippen molar-refractivity contribution in [1.82, 2.24) is 5.32 Å². The zero-order valence-electron chi connectivity index (χ0n) is 11.5. The fourth-order valence-corrected chi connectivity index (χ4v) is 2.56. The van der Waals surface area contributed by atoms with Crippen molar-refractivity contribution in [1.29, 1.82) is 0 Å². The Morgan fingerprint density at radius 1 is 1.40 bits per heavy atom. The van der Waals surface area contributed by atoms with Gasteiger partial charge in [-0.3, -0.25) is 4.79 Å². The van der Waals surface area contributed by atoms with Crippen molar-refractivity contribution < 1.29 is 14.7 Å². The maximum absolute atomic E-state index is 12.1. The van der Waals surface area contributed by atoms with E-state index >= 15 is 0 Å². The molecule has 2 N–H and O–H groups in total. The van der Waals surface area contributed by atoms with Crippen LogP contribution in [0.4, 0.5) is 0 Å². The zero-order valence-corrected chi connectivity index (χ0v) is 12.2. The Morgan fingerprint density at radius 3 is 2.65 bits per heavy atom. The molecule has 0 spiro atoms. The average Bonchev–Trinajstić information content (AvgIpc) is 3.15. The molecule has 3 atom stereocenters. The van der Waals surface area contributed by atoms with E-state index in [4.69, 9.17) is 16.7 Å². The highest BCUT2D eigenvalue weighted by Gasteiger charge is 2.45. The third-order valence-electron chi connectivity index (χ3n) is 3.63. The van der Waals surface area contributed by atoms with Crippen molar-refractivity contribution in [2.45, 2.75) is 32.2 Å². The second-order valence-electron chi connectivity index (χ2n) is 5.57. The number of nitrogens with one attached hydrogen (secondary N) is 1. The van der Waals surface area contributed by atoms with Crippen molar-refractivity contribution >= 4 is 23.5 Å². The second kappa shape index (κ2) is 5.83. The molecule has 0 saturated heterocycles. The lowest BCUT2D eigenvalue weighted by Crippen LogP contribution is -2.45. The van der Waals surface area contributed by atoms with Crippen LogP contribution < -0.4 is 5.32 Å². The standard InChI is InChI=1S/C15H18ClNO3/c1-8(2)13(15(19)20)17-14(18)12-7-11(12)9-4-3-5-10(16)6-9/h3-6,8,11-13H,7H2,1-2H3,(H,17,18)(H,19,20)/t11?,12?,13-/m0/s1. The van der Waals surface area contributed by atoms with Gasteiger partial charge in [0.1, 0.15) is 6.04 Å². The first kappa shape index (κ1) is 14.9. The summed E-state index contributed by atoms with van der Waals surface area (Å²) in [4.78, 5) is 23.2. The number of carbonyl (C=O) groups is 2. The topological polar surface area (TPSA) is 66.4 Å². The van der Waals surface area contributed by atoms with Gasteiger partial charge in [-0.25, -0.2) is 4.79 Å². The molecule has 20 heavy (non-hydrogen) atoms. The van der Waals surface area contributed by atoms with Crippen LogP contribution in [0.2, 0.25) is 5.02 Å². The number of halogens is 1. The van der Waals surface area contributed by atoms with Crippen LogP contribution >= 0.6 is 11.6 Å². The van der Waals surface area contributed by atoms with Crippen molar-refractivity contribution in [3.63, 3.8) is 0 Å². The van der Waals surface area contributed by atoms with Crippen LogP contribution in [0.15, 0.2) is 24.3 Å². The predicted octanol–water partition coefficient (Wildman–Crippen LogP) is 2.67. The molecule has 108 valence electrons. The summed E-state index contributed by atoms with van der Waals surface area (Å²) in [6, 6.07) is 6.63. The van der Waals surface area contributed by atoms with Gasteiger partial charge in [0.15, 0.2) is 0 Å². The van der Waals surface area contributed by atoms with Gasteiger partial charge < -0.3 is 10.4 Å². The van der Waals surface area contributed by atoms with Crippen molar-refractivity contribution in [2.24, 2.45) is 11.8 Å². The van der Waals surface area contributed by atoms with Gasteiger partial charge in [-0.2, -0.15) is 0 Å². The largest absolute Gasteiger partial charge is 0.480 e. The van der Waals surface area contributed by atoms with Gasteiger partial charge in [-0.15, -0.1) is 0 Å². The number of hydrogen-bond acceptors (Lipinski definition) is 2. The summed E-state index contributed by atoms with van der Waals surface area (Å²) in [7, 11) is 0. The number of amides is 1. The monoisotopic (exact) mass is 295 g/mol. The molecule has 0 aromatic heterocycles. The average molecular weight is 296 g/mol. The highest BCUT2D eigenvalue weighted by atomic mass is 35.5. The molecule has 1 aromatic rings. The number of hydrogen-bond donors (Lipinski definition) is 2. The highest BCUT2D eigenvalue weighted by molar-refractivity contribution is 6.30. The van der Waals surface area contributed by atoms with E-state index in [-0.39, 0.29) is 23.7 Å². The molecule has 2 unspecified atom stereocenters. The molecular weight excluding hydrogens is 278 g/mol. The summed E-state index contributed by atoms with van der Waals surface area (Å²) >= 11 is 5.93. The first-order chi connectivity index (χ1) is 9.40. The number of carboxylic acids is 1. The van der Waals surface area contributed by atoms with Crippen LogP contribution in [0.5, 0.6) is 0 Å². The molecule has 1 aliphatic rings. The minimum absolute atomic E-state index is 0.139. The summed E-state index contributed by atoms with van der Waals surface area (Å²) in [5, 5.41) is 12.4. The molecule has 5 heteroatoms. The Morgan fingerprint density at radius 2 is 2.10 bits per heavy atom. The summed E-state index contributed by atoms with van der Waals surface area (Å²) in [6.07, 6.45) is 0.747. The molecule has 0 bridgehead atoms. The van der Waals surface area contributed by atoms with E-state index in [1.165, 1.54) is 0 Å². The molecule has 1 amide bonds. The second-order valence-corrected chi connectivity index (χ2v) is 6.01. The number of benzene rings is 1. The van der Waals surface area contributed by atoms with Gasteiger partial charge in [0, 0.05) is 10.9 Å². The van der Waals surface area contributed by atoms with Crippen LogP contribution in [0.1, 0.15) is 31.7 Å². The molecule has 1 saturated carbocycles. The van der Waals surface area contributed by atoms with Crippen molar-refractivity contribution in [2.75, 3.05) is 0 Å². The van der Waals surface area contributed by atoms with Gasteiger partial charge in [0.05, 0.1) is 0 Å². The molecule has 2 rings (SSSR count). The first-order valence-electron chi connectivity index (χ1n) is 6.68. The molecule has 1 fully saturated rings. The van der Waals surface area contributed by atoms with Crippen LogP contribution in [-0.2, 0) is 9.59 Å². The predicted molar refractivity (Wildman–Crippen MR) is 76.7 cm³/mol. The fourth-order valence-electron chi connectivity index (χ4n) is 2.36. The van der Waals surface area contributed by atoms with Crippen molar-refractivity contribution in [3.05, 3.63) is 34.9 Å². The third kappa shape index (κ3) is 3.31. The van der Waals surface area contributed by atoms with Gasteiger partial charge in [0.25, 0.3) is 0 Å².